The molecule has 0 saturated heterocycles. The highest BCUT2D eigenvalue weighted by Crippen LogP contribution is 2.08. The molecule has 0 N–H and O–H groups in total. The Kier molecular flexibility index (Phi) is 2.40. The van der Waals surface area contributed by atoms with Crippen LogP contribution in [-0.2, 0) is 0 Å². The van der Waals surface area contributed by atoms with E-state index in [0.717, 1.165) is 10.6 Å². The van der Waals surface area contributed by atoms with Gasteiger partial charge >= 0.3 is 0 Å². The Hall–Kier alpha value is -0.410. The van der Waals surface area contributed by atoms with Crippen molar-refractivity contribution in [1.82, 2.24) is 4.90 Å². The fraction of sp³-hybridized carbons (Fsp3) is 0.286. The summed E-state index contributed by atoms with van der Waals surface area (Å²) in [5, 5.41) is 4.09. The van der Waals surface area contributed by atoms with Gasteiger partial charge in [-0.25, -0.2) is 0 Å². The van der Waals surface area contributed by atoms with Gasteiger partial charge in [-0.15, -0.1) is 0 Å². The average Bonchev–Trinajstić information content (AvgIpc) is 2.36. The predicted octanol–water partition coefficient (Wildman–Crippen LogP) is 1.99. The summed E-state index contributed by atoms with van der Waals surface area (Å²) < 4.78 is 0. The number of nitrogens with zero attached hydrogens (tertiary/aromatic N) is 1. The predicted molar refractivity (Wildman–Crippen MR) is 49.7 cm³/mol. The molecule has 10 heavy (non-hydrogen) atoms. The zero-order chi connectivity index (χ0) is 7.56. The standard InChI is InChI=1S/C7H9NS2/c1-8(2)7(9)6-3-4-10-5-6/h3-5H,1-2H3. The van der Waals surface area contributed by atoms with E-state index in [4.69, 9.17) is 12.2 Å². The van der Waals surface area contributed by atoms with Crippen LogP contribution in [0.4, 0.5) is 0 Å². The lowest BCUT2D eigenvalue weighted by molar-refractivity contribution is 0.637. The molecule has 0 aliphatic rings. The van der Waals surface area contributed by atoms with Crippen LogP contribution in [0.5, 0.6) is 0 Å². The maximum absolute atomic E-state index is 5.13. The Labute approximate surface area is 70.3 Å². The van der Waals surface area contributed by atoms with Gasteiger partial charge in [-0.2, -0.15) is 11.3 Å². The Morgan fingerprint density at radius 3 is 2.70 bits per heavy atom. The van der Waals surface area contributed by atoms with E-state index in [1.807, 2.05) is 30.4 Å². The van der Waals surface area contributed by atoms with Gasteiger partial charge in [0.25, 0.3) is 0 Å². The van der Waals surface area contributed by atoms with Crippen LogP contribution in [-0.4, -0.2) is 24.0 Å². The zero-order valence-corrected chi connectivity index (χ0v) is 7.63. The minimum Gasteiger partial charge on any atom is -0.368 e. The molecule has 1 aromatic rings. The third kappa shape index (κ3) is 1.55. The Bertz CT molecular complexity index is 214. The van der Waals surface area contributed by atoms with Crippen molar-refractivity contribution in [2.45, 2.75) is 0 Å². The first-order valence-corrected chi connectivity index (χ1v) is 4.31. The number of thiocarbonyl (C=S) groups is 1. The quantitative estimate of drug-likeness (QED) is 0.594. The minimum absolute atomic E-state index is 0.904. The van der Waals surface area contributed by atoms with Crippen LogP contribution >= 0.6 is 23.6 Å². The lowest BCUT2D eigenvalue weighted by Gasteiger charge is -2.11. The van der Waals surface area contributed by atoms with Gasteiger partial charge < -0.3 is 4.90 Å². The molecule has 0 saturated carbocycles. The molecular formula is C7H9NS2. The van der Waals surface area contributed by atoms with E-state index in [2.05, 4.69) is 5.38 Å². The summed E-state index contributed by atoms with van der Waals surface area (Å²) >= 11 is 6.80. The van der Waals surface area contributed by atoms with Gasteiger partial charge in [0.2, 0.25) is 0 Å². The van der Waals surface area contributed by atoms with E-state index in [1.165, 1.54) is 0 Å². The van der Waals surface area contributed by atoms with Gasteiger partial charge in [0.05, 0.1) is 0 Å². The summed E-state index contributed by atoms with van der Waals surface area (Å²) in [7, 11) is 3.92. The molecule has 0 aliphatic heterocycles. The van der Waals surface area contributed by atoms with Crippen molar-refractivity contribution >= 4 is 28.5 Å². The van der Waals surface area contributed by atoms with Crippen molar-refractivity contribution < 1.29 is 0 Å². The van der Waals surface area contributed by atoms with E-state index in [9.17, 15) is 0 Å². The van der Waals surface area contributed by atoms with Crippen molar-refractivity contribution in [2.24, 2.45) is 0 Å². The highest BCUT2D eigenvalue weighted by molar-refractivity contribution is 7.80. The van der Waals surface area contributed by atoms with Crippen molar-refractivity contribution in [2.75, 3.05) is 14.1 Å². The van der Waals surface area contributed by atoms with E-state index < -0.39 is 0 Å². The lowest BCUT2D eigenvalue weighted by atomic mass is 10.3. The van der Waals surface area contributed by atoms with Crippen molar-refractivity contribution in [1.29, 1.82) is 0 Å². The maximum Gasteiger partial charge on any atom is 0.109 e. The molecule has 1 nitrogen and oxygen atoms in total. The van der Waals surface area contributed by atoms with Gasteiger partial charge in [-0.1, -0.05) is 12.2 Å². The largest absolute Gasteiger partial charge is 0.368 e. The molecule has 0 bridgehead atoms. The zero-order valence-electron chi connectivity index (χ0n) is 6.00. The molecule has 0 spiro atoms. The summed E-state index contributed by atoms with van der Waals surface area (Å²) in [4.78, 5) is 2.85. The highest BCUT2D eigenvalue weighted by atomic mass is 32.1. The van der Waals surface area contributed by atoms with Crippen molar-refractivity contribution in [3.8, 4) is 0 Å². The summed E-state index contributed by atoms with van der Waals surface area (Å²) in [6.45, 7) is 0. The van der Waals surface area contributed by atoms with Crippen LogP contribution in [0.1, 0.15) is 5.56 Å². The molecule has 0 aliphatic carbocycles. The molecule has 3 heteroatoms. The summed E-state index contributed by atoms with van der Waals surface area (Å²) in [5.41, 5.74) is 1.14. The SMILES string of the molecule is CN(C)C(=S)c1ccsc1. The third-order valence-corrected chi connectivity index (χ3v) is 2.46. The second kappa shape index (κ2) is 3.12. The van der Waals surface area contributed by atoms with Crippen LogP contribution in [0.2, 0.25) is 0 Å². The lowest BCUT2D eigenvalue weighted by Crippen LogP contribution is -2.19. The van der Waals surface area contributed by atoms with Crippen LogP contribution in [0.3, 0.4) is 0 Å². The molecule has 0 amide bonds. The van der Waals surface area contributed by atoms with Gasteiger partial charge in [0, 0.05) is 25.0 Å². The second-order valence-corrected chi connectivity index (χ2v) is 3.38. The molecular weight excluding hydrogens is 162 g/mol. The maximum atomic E-state index is 5.13. The van der Waals surface area contributed by atoms with Gasteiger partial charge in [0.15, 0.2) is 0 Å². The molecule has 0 unspecified atom stereocenters. The number of hydrogen-bond acceptors (Lipinski definition) is 2. The van der Waals surface area contributed by atoms with E-state index in [0.29, 0.717) is 0 Å². The molecule has 0 fully saturated rings. The average molecular weight is 171 g/mol. The Morgan fingerprint density at radius 1 is 1.60 bits per heavy atom. The number of thiophene rings is 1. The Morgan fingerprint density at radius 2 is 2.30 bits per heavy atom. The number of hydrogen-bond donors (Lipinski definition) is 0. The summed E-state index contributed by atoms with van der Waals surface area (Å²) in [6, 6.07) is 2.03. The highest BCUT2D eigenvalue weighted by Gasteiger charge is 2.01. The van der Waals surface area contributed by atoms with Crippen molar-refractivity contribution in [3.63, 3.8) is 0 Å². The van der Waals surface area contributed by atoms with E-state index in [-0.39, 0.29) is 0 Å². The monoisotopic (exact) mass is 171 g/mol. The second-order valence-electron chi connectivity index (χ2n) is 2.21. The smallest absolute Gasteiger partial charge is 0.109 e. The molecule has 0 aromatic carbocycles. The molecule has 0 atom stereocenters. The topological polar surface area (TPSA) is 3.24 Å². The van der Waals surface area contributed by atoms with Crippen LogP contribution in [0.25, 0.3) is 0 Å². The molecule has 1 heterocycles. The van der Waals surface area contributed by atoms with E-state index >= 15 is 0 Å². The molecule has 1 rings (SSSR count). The Balaban J connectivity index is 2.78. The first-order valence-electron chi connectivity index (χ1n) is 2.95. The first kappa shape index (κ1) is 7.69. The van der Waals surface area contributed by atoms with Crippen LogP contribution in [0, 0.1) is 0 Å². The first-order chi connectivity index (χ1) is 4.72. The van der Waals surface area contributed by atoms with E-state index in [1.54, 1.807) is 11.3 Å². The fourth-order valence-electron chi connectivity index (χ4n) is 0.644. The normalized spacial score (nSPS) is 9.40. The number of rotatable bonds is 1. The molecule has 54 valence electrons. The van der Waals surface area contributed by atoms with Gasteiger partial charge in [0.1, 0.15) is 4.99 Å². The van der Waals surface area contributed by atoms with Crippen LogP contribution in [0.15, 0.2) is 16.8 Å². The minimum atomic E-state index is 0.904. The van der Waals surface area contributed by atoms with Gasteiger partial charge in [-0.05, 0) is 11.4 Å². The van der Waals surface area contributed by atoms with Crippen molar-refractivity contribution in [3.05, 3.63) is 22.4 Å². The fourth-order valence-corrected chi connectivity index (χ4v) is 1.49. The molecule has 0 radical (unpaired) electrons. The molecule has 1 aromatic heterocycles. The van der Waals surface area contributed by atoms with Gasteiger partial charge in [-0.3, -0.25) is 0 Å². The summed E-state index contributed by atoms with van der Waals surface area (Å²) in [6.07, 6.45) is 0. The third-order valence-electron chi connectivity index (χ3n) is 1.17. The van der Waals surface area contributed by atoms with Crippen LogP contribution < -0.4 is 0 Å². The summed E-state index contributed by atoms with van der Waals surface area (Å²) in [5.74, 6) is 0.